The summed E-state index contributed by atoms with van der Waals surface area (Å²) in [4.78, 5) is 11.9. The fraction of sp³-hybridized carbons (Fsp3) is 0.154. The number of nitrogens with one attached hydrogen (secondary N) is 1. The van der Waals surface area contributed by atoms with Gasteiger partial charge < -0.3 is 15.8 Å². The van der Waals surface area contributed by atoms with Gasteiger partial charge in [0.15, 0.2) is 6.61 Å². The molecule has 1 aromatic heterocycles. The third-order valence-corrected chi connectivity index (χ3v) is 5.63. The topological polar surface area (TPSA) is 64.4 Å². The number of carbonyl (C=O) groups excluding carboxylic acids is 1. The third kappa shape index (κ3) is 4.50. The molecule has 0 aliphatic rings. The molecular weight excluding hydrogens is 408 g/mol. The van der Waals surface area contributed by atoms with Crippen LogP contribution in [0.1, 0.15) is 4.88 Å². The molecule has 0 aliphatic heterocycles. The highest BCUT2D eigenvalue weighted by atomic mass is 79.9. The molecule has 0 bridgehead atoms. The number of halogens is 2. The van der Waals surface area contributed by atoms with Crippen LogP contribution in [-0.2, 0) is 11.3 Å². The van der Waals surface area contributed by atoms with E-state index >= 15 is 0 Å². The lowest BCUT2D eigenvalue weighted by molar-refractivity contribution is -0.119. The zero-order valence-corrected chi connectivity index (χ0v) is 14.3. The molecule has 2 rings (SSSR count). The van der Waals surface area contributed by atoms with Gasteiger partial charge in [0.1, 0.15) is 5.75 Å². The molecule has 3 N–H and O–H groups in total. The number of thiophene rings is 1. The Labute approximate surface area is 137 Å². The van der Waals surface area contributed by atoms with Crippen LogP contribution >= 0.6 is 43.2 Å². The van der Waals surface area contributed by atoms with E-state index in [1.165, 1.54) is 4.88 Å². The summed E-state index contributed by atoms with van der Waals surface area (Å²) in [6.45, 7) is 0.600. The van der Waals surface area contributed by atoms with Gasteiger partial charge in [0, 0.05) is 27.6 Å². The summed E-state index contributed by atoms with van der Waals surface area (Å²) in [6.07, 6.45) is 0. The molecule has 20 heavy (non-hydrogen) atoms. The van der Waals surface area contributed by atoms with Gasteiger partial charge >= 0.3 is 0 Å². The Morgan fingerprint density at radius 3 is 2.80 bits per heavy atom. The minimum Gasteiger partial charge on any atom is -0.484 e. The van der Waals surface area contributed by atoms with E-state index in [0.29, 0.717) is 12.3 Å². The van der Waals surface area contributed by atoms with Gasteiger partial charge in [-0.2, -0.15) is 0 Å². The van der Waals surface area contributed by atoms with Crippen molar-refractivity contribution in [2.45, 2.75) is 6.54 Å². The normalized spacial score (nSPS) is 10.3. The second-order valence-electron chi connectivity index (χ2n) is 3.97. The van der Waals surface area contributed by atoms with E-state index in [0.717, 1.165) is 13.9 Å². The summed E-state index contributed by atoms with van der Waals surface area (Å²) in [7, 11) is 0. The fourth-order valence-electron chi connectivity index (χ4n) is 1.52. The standard InChI is InChI=1S/C13H12Br2N2O2S/c14-11-5-10(20-13(11)15)6-17-8-2-1-3-9(4-8)19-7-12(16)18/h1-5,17H,6-7H2,(H2,16,18). The van der Waals surface area contributed by atoms with Gasteiger partial charge in [0.2, 0.25) is 0 Å². The van der Waals surface area contributed by atoms with E-state index in [1.54, 1.807) is 17.4 Å². The van der Waals surface area contributed by atoms with Crippen LogP contribution in [0.5, 0.6) is 5.75 Å². The highest BCUT2D eigenvalue weighted by Gasteiger charge is 2.04. The maximum Gasteiger partial charge on any atom is 0.255 e. The molecular formula is C13H12Br2N2O2S. The predicted molar refractivity (Wildman–Crippen MR) is 88.2 cm³/mol. The second-order valence-corrected chi connectivity index (χ2v) is 7.28. The van der Waals surface area contributed by atoms with Crippen LogP contribution in [0.4, 0.5) is 5.69 Å². The highest BCUT2D eigenvalue weighted by molar-refractivity contribution is 9.13. The molecule has 2 aromatic rings. The molecule has 1 amide bonds. The minimum atomic E-state index is -0.489. The Morgan fingerprint density at radius 2 is 2.15 bits per heavy atom. The number of hydrogen-bond acceptors (Lipinski definition) is 4. The molecule has 0 atom stereocenters. The number of primary amides is 1. The van der Waals surface area contributed by atoms with Gasteiger partial charge in [-0.15, -0.1) is 11.3 Å². The Morgan fingerprint density at radius 1 is 1.35 bits per heavy atom. The van der Waals surface area contributed by atoms with Crippen molar-refractivity contribution in [3.63, 3.8) is 0 Å². The van der Waals surface area contributed by atoms with Gasteiger partial charge in [-0.1, -0.05) is 6.07 Å². The van der Waals surface area contributed by atoms with Crippen molar-refractivity contribution >= 4 is 54.8 Å². The molecule has 0 fully saturated rings. The average Bonchev–Trinajstić information content (AvgIpc) is 2.74. The average molecular weight is 420 g/mol. The molecule has 0 unspecified atom stereocenters. The van der Waals surface area contributed by atoms with Crippen molar-refractivity contribution in [2.24, 2.45) is 5.73 Å². The first-order chi connectivity index (χ1) is 9.54. The maximum atomic E-state index is 10.7. The smallest absolute Gasteiger partial charge is 0.255 e. The lowest BCUT2D eigenvalue weighted by Gasteiger charge is -2.08. The molecule has 0 saturated heterocycles. The quantitative estimate of drug-likeness (QED) is 0.749. The van der Waals surface area contributed by atoms with E-state index in [4.69, 9.17) is 10.5 Å². The first-order valence-corrected chi connectivity index (χ1v) is 8.13. The van der Waals surface area contributed by atoms with Gasteiger partial charge in [0.25, 0.3) is 5.91 Å². The summed E-state index contributed by atoms with van der Waals surface area (Å²) in [5.74, 6) is 0.124. The monoisotopic (exact) mass is 418 g/mol. The molecule has 106 valence electrons. The summed E-state index contributed by atoms with van der Waals surface area (Å²) in [6, 6.07) is 9.48. The molecule has 7 heteroatoms. The van der Waals surface area contributed by atoms with Crippen molar-refractivity contribution in [3.05, 3.63) is 43.5 Å². The summed E-state index contributed by atoms with van der Waals surface area (Å²) in [5, 5.41) is 3.30. The van der Waals surface area contributed by atoms with E-state index in [2.05, 4.69) is 43.2 Å². The summed E-state index contributed by atoms with van der Waals surface area (Å²) >= 11 is 8.59. The second kappa shape index (κ2) is 7.10. The minimum absolute atomic E-state index is 0.117. The number of anilines is 1. The van der Waals surface area contributed by atoms with Crippen molar-refractivity contribution in [2.75, 3.05) is 11.9 Å². The predicted octanol–water partition coefficient (Wildman–Crippen LogP) is 3.75. The first-order valence-electron chi connectivity index (χ1n) is 5.73. The number of nitrogens with two attached hydrogens (primary N) is 1. The number of benzene rings is 1. The van der Waals surface area contributed by atoms with Crippen molar-refractivity contribution in [1.29, 1.82) is 0 Å². The first kappa shape index (κ1) is 15.3. The van der Waals surface area contributed by atoms with Crippen LogP contribution in [0.2, 0.25) is 0 Å². The highest BCUT2D eigenvalue weighted by Crippen LogP contribution is 2.32. The van der Waals surface area contributed by atoms with Crippen LogP contribution < -0.4 is 15.8 Å². The van der Waals surface area contributed by atoms with E-state index in [-0.39, 0.29) is 6.61 Å². The molecule has 1 heterocycles. The van der Waals surface area contributed by atoms with Crippen LogP contribution in [0.25, 0.3) is 0 Å². The molecule has 0 radical (unpaired) electrons. The third-order valence-electron chi connectivity index (χ3n) is 2.38. The molecule has 0 spiro atoms. The van der Waals surface area contributed by atoms with Crippen molar-refractivity contribution in [1.82, 2.24) is 0 Å². The molecule has 0 aliphatic carbocycles. The maximum absolute atomic E-state index is 10.7. The number of ether oxygens (including phenoxy) is 1. The molecule has 4 nitrogen and oxygen atoms in total. The van der Waals surface area contributed by atoms with E-state index in [9.17, 15) is 4.79 Å². The van der Waals surface area contributed by atoms with Crippen LogP contribution in [-0.4, -0.2) is 12.5 Å². The SMILES string of the molecule is NC(=O)COc1cccc(NCc2cc(Br)c(Br)s2)c1. The Bertz CT molecular complexity index is 597. The number of hydrogen-bond donors (Lipinski definition) is 2. The van der Waals surface area contributed by atoms with Crippen molar-refractivity contribution in [3.8, 4) is 5.75 Å². The number of rotatable bonds is 6. The largest absolute Gasteiger partial charge is 0.484 e. The van der Waals surface area contributed by atoms with Gasteiger partial charge in [0.05, 0.1) is 3.79 Å². The van der Waals surface area contributed by atoms with Gasteiger partial charge in [-0.3, -0.25) is 4.79 Å². The van der Waals surface area contributed by atoms with Crippen molar-refractivity contribution < 1.29 is 9.53 Å². The number of amides is 1. The van der Waals surface area contributed by atoms with E-state index in [1.807, 2.05) is 18.2 Å². The summed E-state index contributed by atoms with van der Waals surface area (Å²) in [5.41, 5.74) is 5.97. The summed E-state index contributed by atoms with van der Waals surface area (Å²) < 4.78 is 7.39. The zero-order chi connectivity index (χ0) is 14.5. The Hall–Kier alpha value is -1.05. The zero-order valence-electron chi connectivity index (χ0n) is 10.4. The van der Waals surface area contributed by atoms with Crippen LogP contribution in [0, 0.1) is 0 Å². The van der Waals surface area contributed by atoms with Crippen LogP contribution in [0.15, 0.2) is 38.6 Å². The number of carbonyl (C=O) groups is 1. The van der Waals surface area contributed by atoms with Gasteiger partial charge in [-0.05, 0) is 50.1 Å². The molecule has 1 aromatic carbocycles. The lowest BCUT2D eigenvalue weighted by atomic mass is 10.3. The molecule has 0 saturated carbocycles. The fourth-order valence-corrected chi connectivity index (χ4v) is 3.63. The van der Waals surface area contributed by atoms with Gasteiger partial charge in [-0.25, -0.2) is 0 Å². The van der Waals surface area contributed by atoms with E-state index < -0.39 is 5.91 Å². The Balaban J connectivity index is 1.95. The lowest BCUT2D eigenvalue weighted by Crippen LogP contribution is -2.20. The van der Waals surface area contributed by atoms with Crippen LogP contribution in [0.3, 0.4) is 0 Å². The Kier molecular flexibility index (Phi) is 5.45.